The number of halogens is 1. The summed E-state index contributed by atoms with van der Waals surface area (Å²) in [5.41, 5.74) is 6.20. The Hall–Kier alpha value is -2.93. The number of carboxylic acid groups (broad SMARTS) is 1. The van der Waals surface area contributed by atoms with Gasteiger partial charge in [0.05, 0.1) is 11.3 Å². The molecule has 0 aliphatic heterocycles. The molecule has 2 aromatic heterocycles. The minimum Gasteiger partial charge on any atom is -0.478 e. The second kappa shape index (κ2) is 8.44. The predicted molar refractivity (Wildman–Crippen MR) is 111 cm³/mol. The normalized spacial score (nSPS) is 11.3. The summed E-state index contributed by atoms with van der Waals surface area (Å²) in [7, 11) is -4.24. The molecule has 2 heterocycles. The summed E-state index contributed by atoms with van der Waals surface area (Å²) in [5, 5.41) is 16.8. The fourth-order valence-electron chi connectivity index (χ4n) is 2.46. The molecule has 0 spiro atoms. The molecule has 0 atom stereocenters. The molecule has 3 aromatic rings. The van der Waals surface area contributed by atoms with E-state index in [9.17, 15) is 23.1 Å². The van der Waals surface area contributed by atoms with Gasteiger partial charge in [0.2, 0.25) is 0 Å². The molecular formula is C17H15ClN4O6S2. The summed E-state index contributed by atoms with van der Waals surface area (Å²) in [4.78, 5) is 23.7. The average molecular weight is 471 g/mol. The van der Waals surface area contributed by atoms with Crippen LogP contribution >= 0.6 is 22.9 Å². The number of hydrogen-bond acceptors (Lipinski definition) is 8. The number of thiophene rings is 1. The average Bonchev–Trinajstić information content (AvgIpc) is 3.31. The number of aromatic carboxylic acids is 1. The van der Waals surface area contributed by atoms with Gasteiger partial charge in [-0.25, -0.2) is 17.9 Å². The molecule has 13 heteroatoms. The van der Waals surface area contributed by atoms with E-state index in [0.717, 1.165) is 11.3 Å². The third-order valence-electron chi connectivity index (χ3n) is 3.94. The van der Waals surface area contributed by atoms with Gasteiger partial charge in [0.1, 0.15) is 20.5 Å². The second-order valence-corrected chi connectivity index (χ2v) is 8.92. The van der Waals surface area contributed by atoms with E-state index in [1.807, 2.05) is 0 Å². The highest BCUT2D eigenvalue weighted by molar-refractivity contribution is 7.93. The summed E-state index contributed by atoms with van der Waals surface area (Å²) in [5.74, 6) is -2.35. The number of benzene rings is 1. The third kappa shape index (κ3) is 4.31. The highest BCUT2D eigenvalue weighted by Crippen LogP contribution is 2.30. The van der Waals surface area contributed by atoms with Crippen molar-refractivity contribution in [2.45, 2.75) is 18.4 Å². The van der Waals surface area contributed by atoms with Crippen molar-refractivity contribution in [1.82, 2.24) is 5.16 Å². The fourth-order valence-corrected chi connectivity index (χ4v) is 4.95. The van der Waals surface area contributed by atoms with E-state index in [-0.39, 0.29) is 38.5 Å². The van der Waals surface area contributed by atoms with Crippen LogP contribution in [-0.2, 0) is 16.6 Å². The summed E-state index contributed by atoms with van der Waals surface area (Å²) in [6.45, 7) is 1.65. The zero-order chi connectivity index (χ0) is 22.1. The minimum absolute atomic E-state index is 0.00307. The zero-order valence-electron chi connectivity index (χ0n) is 15.3. The molecule has 0 aliphatic rings. The number of rotatable bonds is 7. The van der Waals surface area contributed by atoms with Crippen molar-refractivity contribution in [3.63, 3.8) is 0 Å². The Balaban J connectivity index is 1.91. The Bertz CT molecular complexity index is 1230. The van der Waals surface area contributed by atoms with Crippen molar-refractivity contribution in [3.8, 4) is 0 Å². The van der Waals surface area contributed by atoms with Crippen LogP contribution in [-0.4, -0.2) is 30.6 Å². The lowest BCUT2D eigenvalue weighted by Gasteiger charge is -2.11. The Labute approximate surface area is 179 Å². The van der Waals surface area contributed by atoms with Gasteiger partial charge in [-0.3, -0.25) is 4.79 Å². The number of amides is 1. The Morgan fingerprint density at radius 3 is 2.67 bits per heavy atom. The van der Waals surface area contributed by atoms with Crippen molar-refractivity contribution in [1.29, 1.82) is 0 Å². The number of nitrogens with zero attached hydrogens (tertiary/aromatic N) is 1. The van der Waals surface area contributed by atoms with Gasteiger partial charge in [-0.15, -0.1) is 11.3 Å². The van der Waals surface area contributed by atoms with Crippen molar-refractivity contribution in [2.75, 3.05) is 10.0 Å². The number of aryl methyl sites for hydroxylation is 1. The molecule has 0 bridgehead atoms. The monoisotopic (exact) mass is 470 g/mol. The third-order valence-corrected chi connectivity index (χ3v) is 6.80. The molecule has 0 aliphatic carbocycles. The SMILES string of the molecule is Cc1noc(NS(=O)(=O)c2ccsc2C(=O)Nc2ccc(CN)cc2C(=O)O)c1Cl. The lowest BCUT2D eigenvalue weighted by atomic mass is 10.1. The Kier molecular flexibility index (Phi) is 6.12. The summed E-state index contributed by atoms with van der Waals surface area (Å²) < 4.78 is 32.4. The number of hydrogen-bond donors (Lipinski definition) is 4. The van der Waals surface area contributed by atoms with E-state index in [1.54, 1.807) is 6.07 Å². The maximum atomic E-state index is 12.7. The standard InChI is InChI=1S/C17H15ClN4O6S2/c1-8-13(18)16(28-21-8)22-30(26,27)12-4-5-29-14(12)15(23)20-11-3-2-9(7-19)6-10(11)17(24)25/h2-6,22H,7,19H2,1H3,(H,20,23)(H,24,25). The van der Waals surface area contributed by atoms with Crippen molar-refractivity contribution >= 4 is 56.4 Å². The molecule has 0 unspecified atom stereocenters. The van der Waals surface area contributed by atoms with E-state index >= 15 is 0 Å². The number of carbonyl (C=O) groups is 2. The summed E-state index contributed by atoms with van der Waals surface area (Å²) in [6.07, 6.45) is 0. The molecule has 0 radical (unpaired) electrons. The molecule has 0 saturated carbocycles. The van der Waals surface area contributed by atoms with Crippen LogP contribution < -0.4 is 15.8 Å². The predicted octanol–water partition coefficient (Wildman–Crippen LogP) is 2.91. The smallest absolute Gasteiger partial charge is 0.337 e. The van der Waals surface area contributed by atoms with Gasteiger partial charge in [0, 0.05) is 6.54 Å². The van der Waals surface area contributed by atoms with Crippen LogP contribution in [0.15, 0.2) is 39.1 Å². The van der Waals surface area contributed by atoms with Gasteiger partial charge in [-0.2, -0.15) is 0 Å². The van der Waals surface area contributed by atoms with Crippen LogP contribution in [0.25, 0.3) is 0 Å². The van der Waals surface area contributed by atoms with E-state index in [0.29, 0.717) is 11.3 Å². The molecule has 30 heavy (non-hydrogen) atoms. The van der Waals surface area contributed by atoms with Crippen LogP contribution in [0.4, 0.5) is 11.6 Å². The first-order chi connectivity index (χ1) is 14.1. The van der Waals surface area contributed by atoms with Crippen molar-refractivity contribution < 1.29 is 27.6 Å². The molecule has 1 amide bonds. The first-order valence-electron chi connectivity index (χ1n) is 8.23. The van der Waals surface area contributed by atoms with Crippen LogP contribution in [0.5, 0.6) is 0 Å². The van der Waals surface area contributed by atoms with Crippen LogP contribution in [0, 0.1) is 6.92 Å². The number of nitrogens with two attached hydrogens (primary N) is 1. The van der Waals surface area contributed by atoms with Gasteiger partial charge < -0.3 is 20.7 Å². The van der Waals surface area contributed by atoms with Crippen molar-refractivity contribution in [2.24, 2.45) is 5.73 Å². The Morgan fingerprint density at radius 2 is 2.07 bits per heavy atom. The largest absolute Gasteiger partial charge is 0.478 e. The van der Waals surface area contributed by atoms with E-state index in [2.05, 4.69) is 15.2 Å². The molecule has 1 aromatic carbocycles. The van der Waals surface area contributed by atoms with Crippen LogP contribution in [0.1, 0.15) is 31.3 Å². The van der Waals surface area contributed by atoms with E-state index < -0.39 is 21.9 Å². The molecule has 0 fully saturated rings. The number of sulfonamides is 1. The maximum absolute atomic E-state index is 12.7. The fraction of sp³-hybridized carbons (Fsp3) is 0.118. The molecule has 3 rings (SSSR count). The maximum Gasteiger partial charge on any atom is 0.337 e. The number of aromatic nitrogens is 1. The minimum atomic E-state index is -4.24. The molecular weight excluding hydrogens is 456 g/mol. The van der Waals surface area contributed by atoms with Gasteiger partial charge in [-0.05, 0) is 36.1 Å². The summed E-state index contributed by atoms with van der Waals surface area (Å²) >= 11 is 6.80. The van der Waals surface area contributed by atoms with Gasteiger partial charge in [0.25, 0.3) is 21.8 Å². The van der Waals surface area contributed by atoms with Crippen LogP contribution in [0.2, 0.25) is 5.02 Å². The zero-order valence-corrected chi connectivity index (χ0v) is 17.7. The second-order valence-electron chi connectivity index (χ2n) is 5.97. The quantitative estimate of drug-likeness (QED) is 0.409. The lowest BCUT2D eigenvalue weighted by molar-refractivity contribution is 0.0698. The molecule has 10 nitrogen and oxygen atoms in total. The van der Waals surface area contributed by atoms with E-state index in [4.69, 9.17) is 21.9 Å². The van der Waals surface area contributed by atoms with Gasteiger partial charge >= 0.3 is 5.97 Å². The highest BCUT2D eigenvalue weighted by Gasteiger charge is 2.27. The number of carboxylic acids is 1. The molecule has 158 valence electrons. The highest BCUT2D eigenvalue weighted by atomic mass is 35.5. The van der Waals surface area contributed by atoms with Gasteiger partial charge in [0.15, 0.2) is 0 Å². The van der Waals surface area contributed by atoms with Crippen LogP contribution in [0.3, 0.4) is 0 Å². The first-order valence-corrected chi connectivity index (χ1v) is 11.0. The van der Waals surface area contributed by atoms with Crippen molar-refractivity contribution in [3.05, 3.63) is 56.4 Å². The molecule has 5 N–H and O–H groups in total. The summed E-state index contributed by atoms with van der Waals surface area (Å²) in [6, 6.07) is 5.51. The topological polar surface area (TPSA) is 165 Å². The number of carbonyl (C=O) groups excluding carboxylic acids is 1. The Morgan fingerprint density at radius 1 is 1.33 bits per heavy atom. The number of nitrogens with one attached hydrogen (secondary N) is 2. The molecule has 0 saturated heterocycles. The number of anilines is 2. The van der Waals surface area contributed by atoms with Gasteiger partial charge in [-0.1, -0.05) is 22.8 Å². The van der Waals surface area contributed by atoms with E-state index in [1.165, 1.54) is 30.5 Å². The lowest BCUT2D eigenvalue weighted by Crippen LogP contribution is -2.19. The first kappa shape index (κ1) is 21.8.